The van der Waals surface area contributed by atoms with Crippen LogP contribution in [0, 0.1) is 0 Å². The van der Waals surface area contributed by atoms with Crippen LogP contribution >= 0.6 is 28.4 Å². The van der Waals surface area contributed by atoms with E-state index >= 15 is 0 Å². The summed E-state index contributed by atoms with van der Waals surface area (Å²) in [6.45, 7) is 0.547. The summed E-state index contributed by atoms with van der Waals surface area (Å²) in [6.07, 6.45) is 1.74. The van der Waals surface area contributed by atoms with Crippen LogP contribution in [0.25, 0.3) is 0 Å². The summed E-state index contributed by atoms with van der Waals surface area (Å²) in [5.74, 6) is 0. The monoisotopic (exact) mass is 294 g/mol. The van der Waals surface area contributed by atoms with E-state index in [4.69, 9.17) is 13.6 Å². The van der Waals surface area contributed by atoms with Crippen LogP contribution < -0.4 is 5.32 Å². The van der Waals surface area contributed by atoms with Gasteiger partial charge < -0.3 is 18.6 Å². The number of aromatic amines is 1. The van der Waals surface area contributed by atoms with Crippen molar-refractivity contribution in [3.8, 4) is 0 Å². The molecule has 2 N–H and O–H groups in total. The Labute approximate surface area is 108 Å². The van der Waals surface area contributed by atoms with Gasteiger partial charge in [-0.1, -0.05) is 0 Å². The first-order valence-electron chi connectivity index (χ1n) is 5.24. The minimum Gasteiger partial charge on any atom is -0.364 e. The highest BCUT2D eigenvalue weighted by Crippen LogP contribution is 2.33. The molecule has 0 aromatic carbocycles. The molecular formula is C9H17N2O3P3. The van der Waals surface area contributed by atoms with Crippen molar-refractivity contribution in [2.24, 2.45) is 0 Å². The van der Waals surface area contributed by atoms with Gasteiger partial charge in [-0.25, -0.2) is 0 Å². The third kappa shape index (κ3) is 2.88. The topological polar surface area (TPSA) is 55.5 Å². The van der Waals surface area contributed by atoms with Crippen LogP contribution in [-0.2, 0) is 13.6 Å². The Morgan fingerprint density at radius 2 is 1.94 bits per heavy atom. The van der Waals surface area contributed by atoms with E-state index in [1.165, 1.54) is 0 Å². The normalized spacial score (nSPS) is 33.1. The number of rotatable bonds is 5. The smallest absolute Gasteiger partial charge is 0.110 e. The summed E-state index contributed by atoms with van der Waals surface area (Å²) in [5.41, 5.74) is 1.08. The van der Waals surface area contributed by atoms with Crippen molar-refractivity contribution < 1.29 is 13.6 Å². The summed E-state index contributed by atoms with van der Waals surface area (Å²) in [7, 11) is 6.86. The molecule has 1 fully saturated rings. The predicted molar refractivity (Wildman–Crippen MR) is 75.3 cm³/mol. The van der Waals surface area contributed by atoms with Crippen LogP contribution in [0.3, 0.4) is 0 Å². The van der Waals surface area contributed by atoms with Gasteiger partial charge in [0.15, 0.2) is 0 Å². The van der Waals surface area contributed by atoms with Gasteiger partial charge in [0.2, 0.25) is 0 Å². The lowest BCUT2D eigenvalue weighted by atomic mass is 10.1. The highest BCUT2D eigenvalue weighted by atomic mass is 31.0. The van der Waals surface area contributed by atoms with Crippen LogP contribution in [0.15, 0.2) is 18.3 Å². The van der Waals surface area contributed by atoms with Crippen LogP contribution in [-0.4, -0.2) is 29.8 Å². The Morgan fingerprint density at radius 1 is 1.18 bits per heavy atom. The van der Waals surface area contributed by atoms with Crippen LogP contribution in [0.1, 0.15) is 11.7 Å². The van der Waals surface area contributed by atoms with Crippen LogP contribution in [0.5, 0.6) is 0 Å². The van der Waals surface area contributed by atoms with E-state index in [2.05, 4.69) is 38.7 Å². The van der Waals surface area contributed by atoms with Crippen molar-refractivity contribution in [1.29, 1.82) is 0 Å². The Morgan fingerprint density at radius 3 is 2.47 bits per heavy atom. The first kappa shape index (κ1) is 13.8. The van der Waals surface area contributed by atoms with E-state index in [0.717, 1.165) is 5.69 Å². The van der Waals surface area contributed by atoms with E-state index in [0.29, 0.717) is 6.61 Å². The minimum atomic E-state index is -0.0821. The molecule has 0 radical (unpaired) electrons. The van der Waals surface area contributed by atoms with Crippen molar-refractivity contribution in [2.75, 3.05) is 6.61 Å². The molecule has 5 nitrogen and oxygen atoms in total. The van der Waals surface area contributed by atoms with E-state index in [1.807, 2.05) is 18.3 Å². The zero-order valence-corrected chi connectivity index (χ0v) is 12.7. The zero-order chi connectivity index (χ0) is 12.3. The maximum atomic E-state index is 5.46. The van der Waals surface area contributed by atoms with E-state index in [-0.39, 0.29) is 24.3 Å². The second kappa shape index (κ2) is 6.54. The molecule has 1 saturated heterocycles. The third-order valence-electron chi connectivity index (χ3n) is 2.99. The fraction of sp³-hybridized carbons (Fsp3) is 0.556. The molecule has 8 heteroatoms. The molecular weight excluding hydrogens is 277 g/mol. The molecule has 17 heavy (non-hydrogen) atoms. The summed E-state index contributed by atoms with van der Waals surface area (Å²) in [5, 5.41) is 3.45. The molecule has 1 aromatic rings. The Kier molecular flexibility index (Phi) is 5.32. The second-order valence-corrected chi connectivity index (χ2v) is 4.79. The predicted octanol–water partition coefficient (Wildman–Crippen LogP) is 1.18. The first-order valence-corrected chi connectivity index (χ1v) is 6.65. The molecule has 0 saturated carbocycles. The standard InChI is InChI=1S/C9H17N2O3P3/c15-12-4-6-8(13-16)9(14-17)7(11-6)5-2-1-3-10-5/h1-3,6-11H,4,15-17H2/t6-,7+,8-,9+/m1/s1. The van der Waals surface area contributed by atoms with Crippen molar-refractivity contribution >= 4 is 28.4 Å². The maximum absolute atomic E-state index is 5.46. The quantitative estimate of drug-likeness (QED) is 0.801. The van der Waals surface area contributed by atoms with Crippen molar-refractivity contribution in [1.82, 2.24) is 10.3 Å². The van der Waals surface area contributed by atoms with Gasteiger partial charge in [-0.15, -0.1) is 0 Å². The molecule has 2 heterocycles. The van der Waals surface area contributed by atoms with Crippen molar-refractivity contribution in [2.45, 2.75) is 24.3 Å². The number of H-pyrrole nitrogens is 1. The molecule has 1 aliphatic heterocycles. The zero-order valence-electron chi connectivity index (χ0n) is 9.21. The Hall–Kier alpha value is 0.410. The fourth-order valence-electron chi connectivity index (χ4n) is 2.22. The number of aromatic nitrogens is 1. The van der Waals surface area contributed by atoms with Crippen LogP contribution in [0.2, 0.25) is 0 Å². The highest BCUT2D eigenvalue weighted by molar-refractivity contribution is 7.10. The number of nitrogens with one attached hydrogen (secondary N) is 2. The van der Waals surface area contributed by atoms with Crippen molar-refractivity contribution in [3.05, 3.63) is 24.0 Å². The van der Waals surface area contributed by atoms with Gasteiger partial charge in [0, 0.05) is 40.3 Å². The molecule has 1 aromatic heterocycles. The SMILES string of the molecule is POC[C@H]1N[C@@H](c2ccc[nH]2)[C@H](OP)[C@@H]1OP. The van der Waals surface area contributed by atoms with Gasteiger partial charge in [0.25, 0.3) is 0 Å². The highest BCUT2D eigenvalue weighted by Gasteiger charge is 2.44. The maximum Gasteiger partial charge on any atom is 0.110 e. The molecule has 1 aliphatic rings. The van der Waals surface area contributed by atoms with Crippen molar-refractivity contribution in [3.63, 3.8) is 0 Å². The summed E-state index contributed by atoms with van der Waals surface area (Å²) in [4.78, 5) is 3.19. The van der Waals surface area contributed by atoms with Gasteiger partial charge in [-0.05, 0) is 12.1 Å². The summed E-state index contributed by atoms with van der Waals surface area (Å²) in [6, 6.07) is 4.15. The summed E-state index contributed by atoms with van der Waals surface area (Å²) >= 11 is 0. The largest absolute Gasteiger partial charge is 0.364 e. The van der Waals surface area contributed by atoms with Gasteiger partial charge in [-0.3, -0.25) is 5.32 Å². The van der Waals surface area contributed by atoms with E-state index in [9.17, 15) is 0 Å². The molecule has 96 valence electrons. The summed E-state index contributed by atoms with van der Waals surface area (Å²) < 4.78 is 16.0. The molecule has 0 spiro atoms. The Balaban J connectivity index is 2.17. The van der Waals surface area contributed by atoms with Gasteiger partial charge in [0.05, 0.1) is 18.7 Å². The fourth-order valence-corrected chi connectivity index (χ4v) is 3.08. The molecule has 2 rings (SSSR count). The minimum absolute atomic E-state index is 0.0678. The molecule has 3 unspecified atom stereocenters. The lowest BCUT2D eigenvalue weighted by molar-refractivity contribution is 0.0814. The third-order valence-corrected chi connectivity index (χ3v) is 3.81. The lowest BCUT2D eigenvalue weighted by Gasteiger charge is -2.21. The molecule has 0 bridgehead atoms. The van der Waals surface area contributed by atoms with Gasteiger partial charge >= 0.3 is 0 Å². The van der Waals surface area contributed by atoms with E-state index < -0.39 is 0 Å². The molecule has 0 amide bonds. The average Bonchev–Trinajstić information content (AvgIpc) is 2.95. The number of hydrogen-bond donors (Lipinski definition) is 2. The van der Waals surface area contributed by atoms with E-state index in [1.54, 1.807) is 0 Å². The van der Waals surface area contributed by atoms with Gasteiger partial charge in [-0.2, -0.15) is 0 Å². The number of hydrogen-bond acceptors (Lipinski definition) is 4. The second-order valence-electron chi connectivity index (χ2n) is 3.91. The molecule has 7 atom stereocenters. The van der Waals surface area contributed by atoms with Gasteiger partial charge in [0.1, 0.15) is 12.2 Å². The lowest BCUT2D eigenvalue weighted by Crippen LogP contribution is -2.36. The molecule has 0 aliphatic carbocycles. The Bertz CT molecular complexity index is 338. The van der Waals surface area contributed by atoms with Crippen LogP contribution in [0.4, 0.5) is 0 Å². The average molecular weight is 294 g/mol. The first-order chi connectivity index (χ1) is 8.31.